The number of nitrogens with two attached hydrogens (primary N) is 1. The molecular formula is C12H14Cl2N2O. The Morgan fingerprint density at radius 3 is 2.47 bits per heavy atom. The SMILES string of the molecule is Cc1cc(C)c(N2CCC(Cl)(Cl)C2=O)cc1N. The Morgan fingerprint density at radius 2 is 1.94 bits per heavy atom. The van der Waals surface area contributed by atoms with Crippen LogP contribution in [0.25, 0.3) is 0 Å². The lowest BCUT2D eigenvalue weighted by Gasteiger charge is -2.20. The largest absolute Gasteiger partial charge is 0.398 e. The van der Waals surface area contributed by atoms with Crippen molar-refractivity contribution in [2.45, 2.75) is 24.6 Å². The Hall–Kier alpha value is -0.930. The number of rotatable bonds is 1. The summed E-state index contributed by atoms with van der Waals surface area (Å²) in [6.07, 6.45) is 0.433. The van der Waals surface area contributed by atoms with Gasteiger partial charge in [-0.05, 0) is 31.0 Å². The van der Waals surface area contributed by atoms with E-state index in [9.17, 15) is 4.79 Å². The van der Waals surface area contributed by atoms with Gasteiger partial charge in [0.25, 0.3) is 5.91 Å². The summed E-state index contributed by atoms with van der Waals surface area (Å²) in [6.45, 7) is 4.40. The average molecular weight is 273 g/mol. The first-order valence-electron chi connectivity index (χ1n) is 5.39. The van der Waals surface area contributed by atoms with Crippen molar-refractivity contribution < 1.29 is 4.79 Å². The number of halogens is 2. The Bertz CT molecular complexity index is 486. The molecule has 0 aromatic heterocycles. The van der Waals surface area contributed by atoms with Crippen LogP contribution in [-0.2, 0) is 4.79 Å². The molecule has 1 heterocycles. The molecule has 1 aromatic rings. The van der Waals surface area contributed by atoms with Gasteiger partial charge in [0.1, 0.15) is 0 Å². The molecule has 0 radical (unpaired) electrons. The molecule has 2 rings (SSSR count). The summed E-state index contributed by atoms with van der Waals surface area (Å²) >= 11 is 11.9. The van der Waals surface area contributed by atoms with Gasteiger partial charge in [0, 0.05) is 24.3 Å². The molecule has 1 aliphatic heterocycles. The number of nitrogen functional groups attached to an aromatic ring is 1. The fraction of sp³-hybridized carbons (Fsp3) is 0.417. The number of amides is 1. The zero-order valence-corrected chi connectivity index (χ0v) is 11.3. The molecule has 1 fully saturated rings. The highest BCUT2D eigenvalue weighted by molar-refractivity contribution is 6.59. The number of nitrogens with zero attached hydrogens (tertiary/aromatic N) is 1. The van der Waals surface area contributed by atoms with Crippen LogP contribution in [-0.4, -0.2) is 16.8 Å². The summed E-state index contributed by atoms with van der Waals surface area (Å²) in [5.74, 6) is -0.271. The number of hydrogen-bond donors (Lipinski definition) is 1. The van der Waals surface area contributed by atoms with E-state index >= 15 is 0 Å². The Morgan fingerprint density at radius 1 is 1.29 bits per heavy atom. The first-order chi connectivity index (χ1) is 7.83. The molecule has 1 amide bonds. The maximum Gasteiger partial charge on any atom is 0.263 e. The number of carbonyl (C=O) groups excluding carboxylic acids is 1. The lowest BCUT2D eigenvalue weighted by molar-refractivity contribution is -0.117. The van der Waals surface area contributed by atoms with E-state index in [1.807, 2.05) is 19.9 Å². The van der Waals surface area contributed by atoms with E-state index < -0.39 is 4.33 Å². The number of benzene rings is 1. The summed E-state index contributed by atoms with van der Waals surface area (Å²) in [7, 11) is 0. The second kappa shape index (κ2) is 4.07. The maximum atomic E-state index is 12.0. The van der Waals surface area contributed by atoms with Crippen molar-refractivity contribution in [3.05, 3.63) is 23.3 Å². The lowest BCUT2D eigenvalue weighted by atomic mass is 10.1. The van der Waals surface area contributed by atoms with Crippen LogP contribution in [0.3, 0.4) is 0 Å². The zero-order chi connectivity index (χ0) is 12.8. The fourth-order valence-corrected chi connectivity index (χ4v) is 2.41. The second-order valence-corrected chi connectivity index (χ2v) is 5.89. The quantitative estimate of drug-likeness (QED) is 0.631. The summed E-state index contributed by atoms with van der Waals surface area (Å²) in [4.78, 5) is 13.6. The number of anilines is 2. The zero-order valence-electron chi connectivity index (χ0n) is 9.76. The second-order valence-electron chi connectivity index (χ2n) is 4.41. The van der Waals surface area contributed by atoms with Gasteiger partial charge >= 0.3 is 0 Å². The van der Waals surface area contributed by atoms with Crippen LogP contribution in [0.5, 0.6) is 0 Å². The van der Waals surface area contributed by atoms with Gasteiger partial charge in [0.15, 0.2) is 4.33 Å². The van der Waals surface area contributed by atoms with Crippen LogP contribution in [0.2, 0.25) is 0 Å². The molecule has 2 N–H and O–H groups in total. The molecule has 0 bridgehead atoms. The third-order valence-corrected chi connectivity index (χ3v) is 3.78. The average Bonchev–Trinajstić information content (AvgIpc) is 2.49. The van der Waals surface area contributed by atoms with E-state index in [1.165, 1.54) is 0 Å². The number of aryl methyl sites for hydroxylation is 2. The standard InChI is InChI=1S/C12H14Cl2N2O/c1-7-5-8(2)10(6-9(7)15)16-4-3-12(13,14)11(16)17/h5-6H,3-4,15H2,1-2H3. The van der Waals surface area contributed by atoms with Crippen LogP contribution in [0.1, 0.15) is 17.5 Å². The smallest absolute Gasteiger partial charge is 0.263 e. The van der Waals surface area contributed by atoms with Crippen molar-refractivity contribution >= 4 is 40.5 Å². The van der Waals surface area contributed by atoms with Crippen LogP contribution >= 0.6 is 23.2 Å². The summed E-state index contributed by atoms with van der Waals surface area (Å²) in [5, 5.41) is 0. The van der Waals surface area contributed by atoms with Gasteiger partial charge in [-0.1, -0.05) is 29.3 Å². The Kier molecular flexibility index (Phi) is 3.00. The monoisotopic (exact) mass is 272 g/mol. The molecule has 1 aromatic carbocycles. The molecule has 17 heavy (non-hydrogen) atoms. The van der Waals surface area contributed by atoms with Gasteiger partial charge in [-0.2, -0.15) is 0 Å². The van der Waals surface area contributed by atoms with E-state index in [1.54, 1.807) is 11.0 Å². The van der Waals surface area contributed by atoms with Crippen LogP contribution in [0.4, 0.5) is 11.4 Å². The molecule has 0 unspecified atom stereocenters. The van der Waals surface area contributed by atoms with Gasteiger partial charge in [-0.25, -0.2) is 0 Å². The molecule has 0 atom stereocenters. The molecule has 1 saturated heterocycles. The molecule has 0 spiro atoms. The molecule has 5 heteroatoms. The summed E-state index contributed by atoms with van der Waals surface area (Å²) in [6, 6.07) is 3.76. The number of carbonyl (C=O) groups is 1. The lowest BCUT2D eigenvalue weighted by Crippen LogP contribution is -2.32. The van der Waals surface area contributed by atoms with Crippen LogP contribution in [0, 0.1) is 13.8 Å². The summed E-state index contributed by atoms with van der Waals surface area (Å²) < 4.78 is -1.30. The van der Waals surface area contributed by atoms with Crippen molar-refractivity contribution in [3.63, 3.8) is 0 Å². The Labute approximate surface area is 110 Å². The van der Waals surface area contributed by atoms with Gasteiger partial charge in [0.2, 0.25) is 0 Å². The highest BCUT2D eigenvalue weighted by Gasteiger charge is 2.44. The van der Waals surface area contributed by atoms with E-state index in [0.717, 1.165) is 16.8 Å². The fourth-order valence-electron chi connectivity index (χ4n) is 2.04. The molecule has 0 aliphatic carbocycles. The van der Waals surface area contributed by atoms with Crippen molar-refractivity contribution in [2.24, 2.45) is 0 Å². The van der Waals surface area contributed by atoms with E-state index in [2.05, 4.69) is 0 Å². The van der Waals surface area contributed by atoms with Gasteiger partial charge in [-0.3, -0.25) is 4.79 Å². The van der Waals surface area contributed by atoms with E-state index in [-0.39, 0.29) is 5.91 Å². The molecular weight excluding hydrogens is 259 g/mol. The number of alkyl halides is 2. The highest BCUT2D eigenvalue weighted by Crippen LogP contribution is 2.38. The minimum absolute atomic E-state index is 0.271. The first-order valence-corrected chi connectivity index (χ1v) is 6.15. The number of hydrogen-bond acceptors (Lipinski definition) is 2. The minimum atomic E-state index is -1.30. The normalized spacial score (nSPS) is 18.8. The van der Waals surface area contributed by atoms with Gasteiger partial charge in [-0.15, -0.1) is 0 Å². The topological polar surface area (TPSA) is 46.3 Å². The summed E-state index contributed by atoms with van der Waals surface area (Å²) in [5.41, 5.74) is 9.32. The van der Waals surface area contributed by atoms with Crippen molar-refractivity contribution in [1.82, 2.24) is 0 Å². The van der Waals surface area contributed by atoms with E-state index in [4.69, 9.17) is 28.9 Å². The molecule has 92 valence electrons. The molecule has 3 nitrogen and oxygen atoms in total. The molecule has 0 saturated carbocycles. The molecule has 1 aliphatic rings. The highest BCUT2D eigenvalue weighted by atomic mass is 35.5. The maximum absolute atomic E-state index is 12.0. The van der Waals surface area contributed by atoms with Crippen LogP contribution in [0.15, 0.2) is 12.1 Å². The van der Waals surface area contributed by atoms with Gasteiger partial charge in [0.05, 0.1) is 0 Å². The van der Waals surface area contributed by atoms with E-state index in [0.29, 0.717) is 18.7 Å². The predicted octanol–water partition coefficient (Wildman–Crippen LogP) is 2.80. The van der Waals surface area contributed by atoms with Crippen molar-refractivity contribution in [2.75, 3.05) is 17.2 Å². The van der Waals surface area contributed by atoms with Crippen LogP contribution < -0.4 is 10.6 Å². The van der Waals surface area contributed by atoms with Crippen molar-refractivity contribution in [3.8, 4) is 0 Å². The third-order valence-electron chi connectivity index (χ3n) is 3.08. The van der Waals surface area contributed by atoms with Crippen molar-refractivity contribution in [1.29, 1.82) is 0 Å². The van der Waals surface area contributed by atoms with Gasteiger partial charge < -0.3 is 10.6 Å². The third kappa shape index (κ3) is 2.09. The minimum Gasteiger partial charge on any atom is -0.398 e. The Balaban J connectivity index is 2.43. The first kappa shape index (κ1) is 12.5. The predicted molar refractivity (Wildman–Crippen MR) is 71.7 cm³/mol.